The third-order valence-electron chi connectivity index (χ3n) is 3.11. The maximum Gasteiger partial charge on any atom is 0.147 e. The molecule has 1 fully saturated rings. The third kappa shape index (κ3) is 4.12. The van der Waals surface area contributed by atoms with E-state index in [2.05, 4.69) is 6.92 Å². The summed E-state index contributed by atoms with van der Waals surface area (Å²) in [4.78, 5) is 0. The Morgan fingerprint density at radius 1 is 1.23 bits per heavy atom. The van der Waals surface area contributed by atoms with Gasteiger partial charge >= 0.3 is 0 Å². The zero-order valence-electron chi connectivity index (χ0n) is 8.67. The van der Waals surface area contributed by atoms with Crippen molar-refractivity contribution in [1.82, 2.24) is 0 Å². The highest BCUT2D eigenvalue weighted by atomic mass is 32.2. The molecule has 0 aromatic rings. The van der Waals surface area contributed by atoms with Crippen LogP contribution in [-0.2, 0) is 9.84 Å². The van der Waals surface area contributed by atoms with E-state index in [9.17, 15) is 8.42 Å². The molecular weight excluding hydrogens is 184 g/mol. The highest BCUT2D eigenvalue weighted by Gasteiger charge is 2.30. The van der Waals surface area contributed by atoms with Crippen molar-refractivity contribution in [2.24, 2.45) is 5.41 Å². The van der Waals surface area contributed by atoms with Crippen LogP contribution in [0, 0.1) is 5.41 Å². The zero-order valence-corrected chi connectivity index (χ0v) is 9.49. The van der Waals surface area contributed by atoms with E-state index in [4.69, 9.17) is 0 Å². The molecule has 2 nitrogen and oxygen atoms in total. The maximum absolute atomic E-state index is 10.8. The van der Waals surface area contributed by atoms with Gasteiger partial charge in [-0.15, -0.1) is 0 Å². The van der Waals surface area contributed by atoms with Gasteiger partial charge in [0.05, 0.1) is 0 Å². The molecule has 0 radical (unpaired) electrons. The van der Waals surface area contributed by atoms with Crippen LogP contribution in [-0.4, -0.2) is 20.4 Å². The molecular formula is C10H20O2S. The molecule has 0 unspecified atom stereocenters. The minimum atomic E-state index is -2.73. The van der Waals surface area contributed by atoms with Gasteiger partial charge in [-0.2, -0.15) is 0 Å². The van der Waals surface area contributed by atoms with Crippen molar-refractivity contribution in [2.45, 2.75) is 45.4 Å². The van der Waals surface area contributed by atoms with E-state index in [1.165, 1.54) is 31.9 Å². The number of rotatable bonds is 5. The van der Waals surface area contributed by atoms with E-state index >= 15 is 0 Å². The lowest BCUT2D eigenvalue weighted by molar-refractivity contribution is 0.142. The average Bonchev–Trinajstić information content (AvgIpc) is 1.93. The second-order valence-electron chi connectivity index (χ2n) is 4.75. The Morgan fingerprint density at radius 2 is 1.85 bits per heavy atom. The van der Waals surface area contributed by atoms with Crippen molar-refractivity contribution < 1.29 is 8.42 Å². The fraction of sp³-hybridized carbons (Fsp3) is 1.00. The van der Waals surface area contributed by atoms with Gasteiger partial charge in [0.2, 0.25) is 0 Å². The summed E-state index contributed by atoms with van der Waals surface area (Å²) in [6.07, 6.45) is 8.49. The summed E-state index contributed by atoms with van der Waals surface area (Å²) in [6, 6.07) is 0. The Balaban J connectivity index is 2.08. The van der Waals surface area contributed by atoms with Crippen LogP contribution in [0.3, 0.4) is 0 Å². The van der Waals surface area contributed by atoms with Gasteiger partial charge in [0.25, 0.3) is 0 Å². The molecule has 1 saturated carbocycles. The molecule has 0 aromatic heterocycles. The van der Waals surface area contributed by atoms with Crippen LogP contribution >= 0.6 is 0 Å². The smallest absolute Gasteiger partial charge is 0.147 e. The molecule has 1 aliphatic rings. The molecule has 0 spiro atoms. The van der Waals surface area contributed by atoms with Gasteiger partial charge in [-0.05, 0) is 31.1 Å². The van der Waals surface area contributed by atoms with Crippen molar-refractivity contribution in [3.8, 4) is 0 Å². The first kappa shape index (κ1) is 11.0. The summed E-state index contributed by atoms with van der Waals surface area (Å²) in [5, 5.41) is 0. The molecule has 78 valence electrons. The molecule has 0 N–H and O–H groups in total. The summed E-state index contributed by atoms with van der Waals surface area (Å²) in [5.74, 6) is 0.364. The quantitative estimate of drug-likeness (QED) is 0.644. The summed E-state index contributed by atoms with van der Waals surface area (Å²) in [7, 11) is -2.73. The lowest BCUT2D eigenvalue weighted by atomic mass is 9.67. The Labute approximate surface area is 81.6 Å². The van der Waals surface area contributed by atoms with Crippen LogP contribution in [0.4, 0.5) is 0 Å². The molecule has 1 rings (SSSR count). The standard InChI is InChI=1S/C10H20O2S/c1-10(7-5-8-10)6-3-4-9-13(2,11)12/h3-9H2,1-2H3. The summed E-state index contributed by atoms with van der Waals surface area (Å²) in [5.41, 5.74) is 0.553. The molecule has 0 amide bonds. The monoisotopic (exact) mass is 204 g/mol. The van der Waals surface area contributed by atoms with Gasteiger partial charge in [-0.25, -0.2) is 8.42 Å². The number of hydrogen-bond donors (Lipinski definition) is 0. The molecule has 0 aliphatic heterocycles. The maximum atomic E-state index is 10.8. The van der Waals surface area contributed by atoms with E-state index in [0.29, 0.717) is 11.2 Å². The number of sulfone groups is 1. The Morgan fingerprint density at radius 3 is 2.23 bits per heavy atom. The van der Waals surface area contributed by atoms with E-state index < -0.39 is 9.84 Å². The molecule has 0 aromatic carbocycles. The van der Waals surface area contributed by atoms with E-state index in [0.717, 1.165) is 12.8 Å². The summed E-state index contributed by atoms with van der Waals surface area (Å²) in [6.45, 7) is 2.32. The van der Waals surface area contributed by atoms with Crippen molar-refractivity contribution in [3.05, 3.63) is 0 Å². The van der Waals surface area contributed by atoms with Crippen molar-refractivity contribution in [1.29, 1.82) is 0 Å². The topological polar surface area (TPSA) is 34.1 Å². The van der Waals surface area contributed by atoms with Gasteiger partial charge in [0, 0.05) is 12.0 Å². The Kier molecular flexibility index (Phi) is 3.38. The van der Waals surface area contributed by atoms with E-state index in [1.54, 1.807) is 0 Å². The van der Waals surface area contributed by atoms with Crippen LogP contribution in [0.25, 0.3) is 0 Å². The SMILES string of the molecule is CC1(CCCCS(C)(=O)=O)CCC1. The largest absolute Gasteiger partial charge is 0.229 e. The lowest BCUT2D eigenvalue weighted by Crippen LogP contribution is -2.25. The molecule has 0 heterocycles. The van der Waals surface area contributed by atoms with Crippen LogP contribution in [0.15, 0.2) is 0 Å². The predicted octanol–water partition coefficient (Wildman–Crippen LogP) is 2.39. The first-order chi connectivity index (χ1) is 5.91. The van der Waals surface area contributed by atoms with Crippen LogP contribution in [0.5, 0.6) is 0 Å². The van der Waals surface area contributed by atoms with Crippen LogP contribution in [0.2, 0.25) is 0 Å². The van der Waals surface area contributed by atoms with E-state index in [-0.39, 0.29) is 0 Å². The minimum Gasteiger partial charge on any atom is -0.229 e. The molecule has 1 aliphatic carbocycles. The second kappa shape index (κ2) is 3.99. The summed E-state index contributed by atoms with van der Waals surface area (Å²) < 4.78 is 21.7. The highest BCUT2D eigenvalue weighted by Crippen LogP contribution is 2.44. The van der Waals surface area contributed by atoms with Gasteiger partial charge in [-0.3, -0.25) is 0 Å². The third-order valence-corrected chi connectivity index (χ3v) is 4.14. The minimum absolute atomic E-state index is 0.364. The fourth-order valence-corrected chi connectivity index (χ4v) is 2.67. The Bertz CT molecular complexity index is 250. The van der Waals surface area contributed by atoms with Gasteiger partial charge < -0.3 is 0 Å². The predicted molar refractivity (Wildman–Crippen MR) is 55.5 cm³/mol. The van der Waals surface area contributed by atoms with Gasteiger partial charge in [-0.1, -0.05) is 19.8 Å². The zero-order chi connectivity index (χ0) is 9.95. The summed E-state index contributed by atoms with van der Waals surface area (Å²) >= 11 is 0. The van der Waals surface area contributed by atoms with Crippen molar-refractivity contribution in [2.75, 3.05) is 12.0 Å². The van der Waals surface area contributed by atoms with Gasteiger partial charge in [0.15, 0.2) is 0 Å². The number of unbranched alkanes of at least 4 members (excludes halogenated alkanes) is 1. The second-order valence-corrected chi connectivity index (χ2v) is 7.01. The molecule has 0 bridgehead atoms. The lowest BCUT2D eigenvalue weighted by Gasteiger charge is -2.38. The first-order valence-corrected chi connectivity index (χ1v) is 7.15. The normalized spacial score (nSPS) is 21.1. The molecule has 0 atom stereocenters. The first-order valence-electron chi connectivity index (χ1n) is 5.09. The van der Waals surface area contributed by atoms with Crippen molar-refractivity contribution >= 4 is 9.84 Å². The average molecular weight is 204 g/mol. The highest BCUT2D eigenvalue weighted by molar-refractivity contribution is 7.90. The van der Waals surface area contributed by atoms with Gasteiger partial charge in [0.1, 0.15) is 9.84 Å². The fourth-order valence-electron chi connectivity index (χ4n) is 1.95. The molecule has 0 saturated heterocycles. The van der Waals surface area contributed by atoms with Crippen LogP contribution in [0.1, 0.15) is 45.4 Å². The Hall–Kier alpha value is -0.0500. The molecule has 13 heavy (non-hydrogen) atoms. The van der Waals surface area contributed by atoms with E-state index in [1.807, 2.05) is 0 Å². The van der Waals surface area contributed by atoms with Crippen LogP contribution < -0.4 is 0 Å². The molecule has 3 heteroatoms. The number of hydrogen-bond acceptors (Lipinski definition) is 2. The van der Waals surface area contributed by atoms with Crippen molar-refractivity contribution in [3.63, 3.8) is 0 Å².